The zero-order chi connectivity index (χ0) is 22.2. The summed E-state index contributed by atoms with van der Waals surface area (Å²) in [4.78, 5) is 12.2. The molecule has 3 rings (SSSR count). The van der Waals surface area contributed by atoms with E-state index in [1.165, 1.54) is 6.21 Å². The van der Waals surface area contributed by atoms with E-state index >= 15 is 0 Å². The van der Waals surface area contributed by atoms with Crippen molar-refractivity contribution in [3.8, 4) is 11.5 Å². The van der Waals surface area contributed by atoms with Crippen LogP contribution in [0.4, 0.5) is 0 Å². The summed E-state index contributed by atoms with van der Waals surface area (Å²) >= 11 is 15.3. The minimum absolute atomic E-state index is 0.336. The highest BCUT2D eigenvalue weighted by Gasteiger charge is 2.11. The van der Waals surface area contributed by atoms with Crippen molar-refractivity contribution in [3.05, 3.63) is 91.9 Å². The van der Waals surface area contributed by atoms with E-state index in [-0.39, 0.29) is 5.91 Å². The quantitative estimate of drug-likeness (QED) is 0.272. The molecule has 0 aromatic heterocycles. The van der Waals surface area contributed by atoms with Crippen LogP contribution in [0.2, 0.25) is 10.0 Å². The van der Waals surface area contributed by atoms with E-state index in [1.807, 2.05) is 37.3 Å². The SMILES string of the molecule is CCOc1cc(/C=N\NC(=O)c2ccc(Cl)cc2)c(Br)cc1OCc1ccc(Cl)cc1. The lowest BCUT2D eigenvalue weighted by atomic mass is 10.2. The number of hydrazone groups is 1. The van der Waals surface area contributed by atoms with Gasteiger partial charge in [0.15, 0.2) is 11.5 Å². The fourth-order valence-corrected chi connectivity index (χ4v) is 3.28. The van der Waals surface area contributed by atoms with Gasteiger partial charge in [-0.1, -0.05) is 35.3 Å². The Morgan fingerprint density at radius 1 is 1.00 bits per heavy atom. The third-order valence-corrected chi connectivity index (χ3v) is 5.34. The van der Waals surface area contributed by atoms with Gasteiger partial charge in [-0.3, -0.25) is 4.79 Å². The molecule has 0 fully saturated rings. The van der Waals surface area contributed by atoms with Crippen molar-refractivity contribution in [2.45, 2.75) is 13.5 Å². The van der Waals surface area contributed by atoms with Crippen molar-refractivity contribution >= 4 is 51.3 Å². The molecule has 3 aromatic carbocycles. The Bertz CT molecular complexity index is 1070. The van der Waals surface area contributed by atoms with E-state index in [0.717, 1.165) is 15.6 Å². The molecule has 0 heterocycles. The molecule has 0 aliphatic heterocycles. The third-order valence-electron chi connectivity index (χ3n) is 4.15. The van der Waals surface area contributed by atoms with Crippen molar-refractivity contribution in [3.63, 3.8) is 0 Å². The average Bonchev–Trinajstić information content (AvgIpc) is 2.76. The average molecular weight is 522 g/mol. The van der Waals surface area contributed by atoms with Crippen LogP contribution in [0.25, 0.3) is 0 Å². The third kappa shape index (κ3) is 6.72. The Morgan fingerprint density at radius 3 is 2.26 bits per heavy atom. The van der Waals surface area contributed by atoms with Gasteiger partial charge in [-0.2, -0.15) is 5.10 Å². The summed E-state index contributed by atoms with van der Waals surface area (Å²) in [5, 5.41) is 5.27. The highest BCUT2D eigenvalue weighted by Crippen LogP contribution is 2.34. The van der Waals surface area contributed by atoms with Gasteiger partial charge in [-0.05, 0) is 76.9 Å². The summed E-state index contributed by atoms with van der Waals surface area (Å²) < 4.78 is 12.4. The van der Waals surface area contributed by atoms with Crippen LogP contribution in [-0.4, -0.2) is 18.7 Å². The highest BCUT2D eigenvalue weighted by molar-refractivity contribution is 9.10. The molecule has 160 valence electrons. The number of ether oxygens (including phenoxy) is 2. The van der Waals surface area contributed by atoms with Gasteiger partial charge >= 0.3 is 0 Å². The van der Waals surface area contributed by atoms with Gasteiger partial charge in [-0.15, -0.1) is 0 Å². The fourth-order valence-electron chi connectivity index (χ4n) is 2.60. The molecular formula is C23H19BrCl2N2O3. The summed E-state index contributed by atoms with van der Waals surface area (Å²) in [6, 6.07) is 17.6. The first-order valence-electron chi connectivity index (χ1n) is 9.39. The van der Waals surface area contributed by atoms with E-state index in [4.69, 9.17) is 32.7 Å². The lowest BCUT2D eigenvalue weighted by Crippen LogP contribution is -2.17. The Balaban J connectivity index is 1.71. The maximum absolute atomic E-state index is 12.2. The molecule has 0 spiro atoms. The van der Waals surface area contributed by atoms with Crippen LogP contribution in [0.15, 0.2) is 70.2 Å². The Labute approximate surface area is 199 Å². The highest BCUT2D eigenvalue weighted by atomic mass is 79.9. The molecule has 0 saturated heterocycles. The molecule has 0 radical (unpaired) electrons. The van der Waals surface area contributed by atoms with Crippen LogP contribution < -0.4 is 14.9 Å². The number of halogens is 3. The van der Waals surface area contributed by atoms with Crippen molar-refractivity contribution < 1.29 is 14.3 Å². The first kappa shape index (κ1) is 23.1. The summed E-state index contributed by atoms with van der Waals surface area (Å²) in [7, 11) is 0. The van der Waals surface area contributed by atoms with Crippen LogP contribution in [0, 0.1) is 0 Å². The first-order valence-corrected chi connectivity index (χ1v) is 10.9. The molecule has 31 heavy (non-hydrogen) atoms. The molecule has 5 nitrogen and oxygen atoms in total. The van der Waals surface area contributed by atoms with Gasteiger partial charge in [0.2, 0.25) is 0 Å². The normalized spacial score (nSPS) is 10.8. The van der Waals surface area contributed by atoms with Crippen LogP contribution in [0.5, 0.6) is 11.5 Å². The number of nitrogens with one attached hydrogen (secondary N) is 1. The number of carbonyl (C=O) groups excluding carboxylic acids is 1. The van der Waals surface area contributed by atoms with E-state index in [1.54, 1.807) is 30.3 Å². The monoisotopic (exact) mass is 520 g/mol. The Morgan fingerprint density at radius 2 is 1.61 bits per heavy atom. The number of amides is 1. The Kier molecular flexibility index (Phi) is 8.35. The molecule has 8 heteroatoms. The van der Waals surface area contributed by atoms with Crippen LogP contribution >= 0.6 is 39.1 Å². The number of benzene rings is 3. The zero-order valence-corrected chi connectivity index (χ0v) is 19.7. The fraction of sp³-hybridized carbons (Fsp3) is 0.130. The maximum Gasteiger partial charge on any atom is 0.271 e. The van der Waals surface area contributed by atoms with Crippen LogP contribution in [0.1, 0.15) is 28.4 Å². The van der Waals surface area contributed by atoms with Gasteiger partial charge < -0.3 is 9.47 Å². The Hall–Kier alpha value is -2.54. The molecular weight excluding hydrogens is 503 g/mol. The molecule has 1 N–H and O–H groups in total. The number of carbonyl (C=O) groups is 1. The number of nitrogens with zero attached hydrogens (tertiary/aromatic N) is 1. The molecule has 0 unspecified atom stereocenters. The molecule has 0 saturated carbocycles. The van der Waals surface area contributed by atoms with Crippen molar-refractivity contribution in [2.24, 2.45) is 5.10 Å². The summed E-state index contributed by atoms with van der Waals surface area (Å²) in [5.74, 6) is 0.827. The van der Waals surface area contributed by atoms with Crippen molar-refractivity contribution in [2.75, 3.05) is 6.61 Å². The van der Waals surface area contributed by atoms with Gasteiger partial charge in [0.1, 0.15) is 6.61 Å². The lowest BCUT2D eigenvalue weighted by Gasteiger charge is -2.14. The second-order valence-corrected chi connectivity index (χ2v) is 8.10. The van der Waals surface area contributed by atoms with E-state index < -0.39 is 0 Å². The largest absolute Gasteiger partial charge is 0.490 e. The predicted molar refractivity (Wildman–Crippen MR) is 128 cm³/mol. The van der Waals surface area contributed by atoms with E-state index in [9.17, 15) is 4.79 Å². The molecule has 0 aliphatic carbocycles. The zero-order valence-electron chi connectivity index (χ0n) is 16.6. The number of hydrogen-bond acceptors (Lipinski definition) is 4. The van der Waals surface area contributed by atoms with Crippen LogP contribution in [0.3, 0.4) is 0 Å². The molecule has 0 aliphatic rings. The summed E-state index contributed by atoms with van der Waals surface area (Å²) in [5.41, 5.74) is 4.66. The summed E-state index contributed by atoms with van der Waals surface area (Å²) in [6.07, 6.45) is 1.53. The maximum atomic E-state index is 12.2. The van der Waals surface area contributed by atoms with E-state index in [0.29, 0.717) is 40.3 Å². The lowest BCUT2D eigenvalue weighted by molar-refractivity contribution is 0.0955. The van der Waals surface area contributed by atoms with E-state index in [2.05, 4.69) is 26.5 Å². The standard InChI is InChI=1S/C23H19BrCl2N2O3/c1-2-30-21-11-17(13-27-28-23(29)16-5-9-19(26)10-6-16)20(24)12-22(21)31-14-15-3-7-18(25)8-4-15/h3-13H,2,14H2,1H3,(H,28,29)/b27-13-. The summed E-state index contributed by atoms with van der Waals surface area (Å²) in [6.45, 7) is 2.74. The van der Waals surface area contributed by atoms with Crippen molar-refractivity contribution in [1.29, 1.82) is 0 Å². The molecule has 1 amide bonds. The number of hydrogen-bond donors (Lipinski definition) is 1. The second kappa shape index (κ2) is 11.2. The van der Waals surface area contributed by atoms with Gasteiger partial charge in [0.25, 0.3) is 5.91 Å². The van der Waals surface area contributed by atoms with Gasteiger partial charge in [0.05, 0.1) is 12.8 Å². The molecule has 3 aromatic rings. The van der Waals surface area contributed by atoms with Gasteiger partial charge in [-0.25, -0.2) is 5.43 Å². The number of rotatable bonds is 8. The van der Waals surface area contributed by atoms with Crippen LogP contribution in [-0.2, 0) is 6.61 Å². The predicted octanol–water partition coefficient (Wildman–Crippen LogP) is 6.50. The van der Waals surface area contributed by atoms with Crippen molar-refractivity contribution in [1.82, 2.24) is 5.43 Å². The smallest absolute Gasteiger partial charge is 0.271 e. The van der Waals surface area contributed by atoms with Gasteiger partial charge in [0, 0.05) is 25.6 Å². The first-order chi connectivity index (χ1) is 15.0. The molecule has 0 bridgehead atoms. The minimum atomic E-state index is -0.336. The molecule has 0 atom stereocenters. The topological polar surface area (TPSA) is 59.9 Å². The second-order valence-electron chi connectivity index (χ2n) is 6.37. The minimum Gasteiger partial charge on any atom is -0.490 e.